The van der Waals surface area contributed by atoms with Gasteiger partial charge in [-0.05, 0) is 26.3 Å². The first kappa shape index (κ1) is 13.9. The Morgan fingerprint density at radius 1 is 1.40 bits per heavy atom. The molecular weight excluding hydrogens is 276 g/mol. The number of nitrogens with zero attached hydrogens (tertiary/aromatic N) is 4. The van der Waals surface area contributed by atoms with E-state index in [1.54, 1.807) is 6.20 Å². The third kappa shape index (κ3) is 2.55. The highest BCUT2D eigenvalue weighted by Crippen LogP contribution is 2.31. The molecule has 0 spiro atoms. The van der Waals surface area contributed by atoms with E-state index < -0.39 is 0 Å². The Bertz CT molecular complexity index is 482. The molecule has 1 aromatic rings. The van der Waals surface area contributed by atoms with Crippen LogP contribution in [0.1, 0.15) is 26.2 Å². The van der Waals surface area contributed by atoms with Crippen LogP contribution in [0.25, 0.3) is 0 Å². The summed E-state index contributed by atoms with van der Waals surface area (Å²) in [5.41, 5.74) is 2.49. The quantitative estimate of drug-likeness (QED) is 0.636. The average molecular weight is 297 g/mol. The minimum Gasteiger partial charge on any atom is -0.350 e. The Morgan fingerprint density at radius 3 is 3.05 bits per heavy atom. The molecule has 7 heteroatoms. The van der Waals surface area contributed by atoms with Crippen molar-refractivity contribution in [2.45, 2.75) is 38.3 Å². The van der Waals surface area contributed by atoms with Gasteiger partial charge in [-0.3, -0.25) is 10.3 Å². The third-order valence-corrected chi connectivity index (χ3v) is 4.58. The fraction of sp³-hybridized carbons (Fsp3) is 0.692. The van der Waals surface area contributed by atoms with E-state index >= 15 is 0 Å². The van der Waals surface area contributed by atoms with Gasteiger partial charge in [-0.2, -0.15) is 4.98 Å². The summed E-state index contributed by atoms with van der Waals surface area (Å²) >= 11 is 6.28. The summed E-state index contributed by atoms with van der Waals surface area (Å²) in [6, 6.07) is 1.00. The number of anilines is 2. The number of piperazine rings is 1. The van der Waals surface area contributed by atoms with Crippen molar-refractivity contribution in [1.82, 2.24) is 14.9 Å². The molecule has 3 rings (SSSR count). The molecule has 3 N–H and O–H groups in total. The molecule has 110 valence electrons. The van der Waals surface area contributed by atoms with Gasteiger partial charge in [0.15, 0.2) is 5.82 Å². The number of hydrogen-bond donors (Lipinski definition) is 2. The second-order valence-corrected chi connectivity index (χ2v) is 6.06. The van der Waals surface area contributed by atoms with Gasteiger partial charge in [0, 0.05) is 25.2 Å². The lowest BCUT2D eigenvalue weighted by atomic mass is 9.97. The lowest BCUT2D eigenvalue weighted by molar-refractivity contribution is 0.115. The average Bonchev–Trinajstić information content (AvgIpc) is 2.47. The SMILES string of the molecule is CC1CN2CCCCC2CN1c1nc(NN)ncc1Cl. The van der Waals surface area contributed by atoms with Gasteiger partial charge < -0.3 is 4.90 Å². The van der Waals surface area contributed by atoms with Crippen molar-refractivity contribution < 1.29 is 0 Å². The van der Waals surface area contributed by atoms with E-state index in [9.17, 15) is 0 Å². The van der Waals surface area contributed by atoms with Crippen LogP contribution < -0.4 is 16.2 Å². The lowest BCUT2D eigenvalue weighted by Crippen LogP contribution is -2.59. The number of piperidine rings is 1. The number of fused-ring (bicyclic) bond motifs is 1. The van der Waals surface area contributed by atoms with Crippen LogP contribution in [0.3, 0.4) is 0 Å². The molecule has 3 heterocycles. The van der Waals surface area contributed by atoms with Crippen molar-refractivity contribution in [3.63, 3.8) is 0 Å². The maximum atomic E-state index is 6.28. The van der Waals surface area contributed by atoms with Crippen LogP contribution in [-0.4, -0.2) is 46.6 Å². The van der Waals surface area contributed by atoms with Crippen LogP contribution in [0.5, 0.6) is 0 Å². The number of nitrogens with two attached hydrogens (primary N) is 1. The first-order valence-electron chi connectivity index (χ1n) is 7.19. The summed E-state index contributed by atoms with van der Waals surface area (Å²) < 4.78 is 0. The van der Waals surface area contributed by atoms with E-state index in [-0.39, 0.29) is 0 Å². The van der Waals surface area contributed by atoms with Gasteiger partial charge in [0.25, 0.3) is 0 Å². The monoisotopic (exact) mass is 296 g/mol. The van der Waals surface area contributed by atoms with Gasteiger partial charge in [0.1, 0.15) is 5.02 Å². The van der Waals surface area contributed by atoms with E-state index in [4.69, 9.17) is 17.4 Å². The Balaban J connectivity index is 1.85. The molecule has 0 aromatic carbocycles. The number of aromatic nitrogens is 2. The molecule has 0 amide bonds. The molecule has 1 aromatic heterocycles. The van der Waals surface area contributed by atoms with Crippen LogP contribution in [-0.2, 0) is 0 Å². The fourth-order valence-corrected chi connectivity index (χ4v) is 3.48. The van der Waals surface area contributed by atoms with Crippen LogP contribution in [0.15, 0.2) is 6.20 Å². The number of hydrazine groups is 1. The molecule has 0 bridgehead atoms. The van der Waals surface area contributed by atoms with E-state index in [0.29, 0.717) is 23.1 Å². The molecule has 0 aliphatic carbocycles. The van der Waals surface area contributed by atoms with E-state index in [0.717, 1.165) is 18.9 Å². The van der Waals surface area contributed by atoms with Crippen LogP contribution >= 0.6 is 11.6 Å². The van der Waals surface area contributed by atoms with Crippen molar-refractivity contribution in [2.24, 2.45) is 5.84 Å². The highest BCUT2D eigenvalue weighted by Gasteiger charge is 2.34. The zero-order valence-corrected chi connectivity index (χ0v) is 12.5. The molecule has 2 aliphatic heterocycles. The number of rotatable bonds is 2. The first-order chi connectivity index (χ1) is 9.69. The third-order valence-electron chi connectivity index (χ3n) is 4.31. The van der Waals surface area contributed by atoms with Gasteiger partial charge in [0.2, 0.25) is 5.95 Å². The van der Waals surface area contributed by atoms with Gasteiger partial charge in [-0.15, -0.1) is 0 Å². The predicted octanol–water partition coefficient (Wildman–Crippen LogP) is 1.48. The summed E-state index contributed by atoms with van der Waals surface area (Å²) in [7, 11) is 0. The standard InChI is InChI=1S/C13H21ClN6/c1-9-7-19-5-3-2-4-10(19)8-20(9)12-11(14)6-16-13(17-12)18-15/h6,9-10H,2-5,7-8,15H2,1H3,(H,16,17,18). The Kier molecular flexibility index (Phi) is 3.96. The van der Waals surface area contributed by atoms with Gasteiger partial charge in [-0.1, -0.05) is 18.0 Å². The second-order valence-electron chi connectivity index (χ2n) is 5.66. The fourth-order valence-electron chi connectivity index (χ4n) is 3.28. The smallest absolute Gasteiger partial charge is 0.239 e. The molecule has 2 atom stereocenters. The maximum absolute atomic E-state index is 6.28. The van der Waals surface area contributed by atoms with Crippen LogP contribution in [0.2, 0.25) is 5.02 Å². The van der Waals surface area contributed by atoms with Gasteiger partial charge >= 0.3 is 0 Å². The molecule has 2 fully saturated rings. The molecule has 6 nitrogen and oxygen atoms in total. The van der Waals surface area contributed by atoms with E-state index in [2.05, 4.69) is 32.1 Å². The Hall–Kier alpha value is -1.11. The minimum absolute atomic E-state index is 0.391. The molecular formula is C13H21ClN6. The molecule has 2 unspecified atom stereocenters. The highest BCUT2D eigenvalue weighted by molar-refractivity contribution is 6.32. The van der Waals surface area contributed by atoms with Crippen molar-refractivity contribution in [1.29, 1.82) is 0 Å². The molecule has 2 saturated heterocycles. The number of hydrogen-bond acceptors (Lipinski definition) is 6. The molecule has 2 aliphatic rings. The summed E-state index contributed by atoms with van der Waals surface area (Å²) in [6.07, 6.45) is 5.50. The molecule has 0 saturated carbocycles. The topological polar surface area (TPSA) is 70.3 Å². The second kappa shape index (κ2) is 5.71. The van der Waals surface area contributed by atoms with Gasteiger partial charge in [-0.25, -0.2) is 10.8 Å². The predicted molar refractivity (Wildman–Crippen MR) is 80.9 cm³/mol. The van der Waals surface area contributed by atoms with Crippen LogP contribution in [0, 0.1) is 0 Å². The highest BCUT2D eigenvalue weighted by atomic mass is 35.5. The van der Waals surface area contributed by atoms with Crippen molar-refractivity contribution in [3.8, 4) is 0 Å². The van der Waals surface area contributed by atoms with Crippen LogP contribution in [0.4, 0.5) is 11.8 Å². The largest absolute Gasteiger partial charge is 0.350 e. The summed E-state index contributed by atoms with van der Waals surface area (Å²) in [5.74, 6) is 6.58. The summed E-state index contributed by atoms with van der Waals surface area (Å²) in [6.45, 7) is 5.48. The number of nitrogen functional groups attached to an aromatic ring is 1. The van der Waals surface area contributed by atoms with E-state index in [1.807, 2.05) is 0 Å². The van der Waals surface area contributed by atoms with Crippen molar-refractivity contribution in [3.05, 3.63) is 11.2 Å². The molecule has 20 heavy (non-hydrogen) atoms. The number of nitrogens with one attached hydrogen (secondary N) is 1. The zero-order chi connectivity index (χ0) is 14.1. The maximum Gasteiger partial charge on any atom is 0.239 e. The van der Waals surface area contributed by atoms with Crippen molar-refractivity contribution in [2.75, 3.05) is 30.0 Å². The van der Waals surface area contributed by atoms with E-state index in [1.165, 1.54) is 25.8 Å². The number of halogens is 1. The molecule has 0 radical (unpaired) electrons. The minimum atomic E-state index is 0.391. The zero-order valence-electron chi connectivity index (χ0n) is 11.7. The van der Waals surface area contributed by atoms with Gasteiger partial charge in [0.05, 0.1) is 6.20 Å². The summed E-state index contributed by atoms with van der Waals surface area (Å²) in [4.78, 5) is 13.4. The summed E-state index contributed by atoms with van der Waals surface area (Å²) in [5, 5.41) is 0.583. The normalized spacial score (nSPS) is 27.2. The lowest BCUT2D eigenvalue weighted by Gasteiger charge is -2.48. The Morgan fingerprint density at radius 2 is 2.25 bits per heavy atom. The van der Waals surface area contributed by atoms with Crippen molar-refractivity contribution >= 4 is 23.4 Å². The first-order valence-corrected chi connectivity index (χ1v) is 7.56. The Labute approximate surface area is 124 Å².